The minimum absolute atomic E-state index is 0.0213. The molecule has 2 fully saturated rings. The van der Waals surface area contributed by atoms with E-state index >= 15 is 0 Å². The van der Waals surface area contributed by atoms with Gasteiger partial charge in [0.25, 0.3) is 15.7 Å². The SMILES string of the molecule is O=C(Nc1cc(CN2C(=O)N(c3ccc(S(=O)(=O)C(F)(F)F)cc3)C(=O)C23CC3)ccn1)Oc1ccccc1. The smallest absolute Gasteiger partial charge is 0.410 e. The van der Waals surface area contributed by atoms with E-state index in [2.05, 4.69) is 10.3 Å². The zero-order chi connectivity index (χ0) is 28.0. The van der Waals surface area contributed by atoms with Crippen LogP contribution in [0.1, 0.15) is 18.4 Å². The van der Waals surface area contributed by atoms with Gasteiger partial charge < -0.3 is 9.64 Å². The Morgan fingerprint density at radius 2 is 1.69 bits per heavy atom. The quantitative estimate of drug-likeness (QED) is 0.441. The van der Waals surface area contributed by atoms with Crippen LogP contribution in [0.25, 0.3) is 0 Å². The summed E-state index contributed by atoms with van der Waals surface area (Å²) in [7, 11) is -5.58. The van der Waals surface area contributed by atoms with Crippen LogP contribution < -0.4 is 15.0 Å². The second-order valence-electron chi connectivity index (χ2n) is 8.86. The molecule has 5 rings (SSSR count). The summed E-state index contributed by atoms with van der Waals surface area (Å²) in [4.78, 5) is 44.0. The Bertz CT molecular complexity index is 1560. The molecule has 1 aromatic heterocycles. The van der Waals surface area contributed by atoms with Crippen molar-refractivity contribution in [2.75, 3.05) is 10.2 Å². The van der Waals surface area contributed by atoms with Crippen LogP contribution in [0.4, 0.5) is 34.3 Å². The molecule has 0 radical (unpaired) electrons. The van der Waals surface area contributed by atoms with E-state index in [1.165, 1.54) is 17.2 Å². The molecule has 0 unspecified atom stereocenters. The van der Waals surface area contributed by atoms with Crippen LogP contribution in [0.15, 0.2) is 77.8 Å². The summed E-state index contributed by atoms with van der Waals surface area (Å²) < 4.78 is 67.1. The number of urea groups is 1. The van der Waals surface area contributed by atoms with Gasteiger partial charge >= 0.3 is 17.6 Å². The highest BCUT2D eigenvalue weighted by molar-refractivity contribution is 7.92. The summed E-state index contributed by atoms with van der Waals surface area (Å²) >= 11 is 0. The van der Waals surface area contributed by atoms with Crippen LogP contribution in [0.5, 0.6) is 5.75 Å². The minimum atomic E-state index is -5.58. The molecular formula is C25H19F3N4O6S. The number of hydrogen-bond donors (Lipinski definition) is 1. The monoisotopic (exact) mass is 560 g/mol. The maximum Gasteiger partial charge on any atom is 0.501 e. The molecule has 1 aliphatic heterocycles. The van der Waals surface area contributed by atoms with E-state index < -0.39 is 43.8 Å². The number of imide groups is 1. The average molecular weight is 561 g/mol. The first kappa shape index (κ1) is 26.2. The van der Waals surface area contributed by atoms with Gasteiger partial charge in [-0.15, -0.1) is 0 Å². The Hall–Kier alpha value is -4.46. The number of amides is 4. The van der Waals surface area contributed by atoms with Gasteiger partial charge in [-0.25, -0.2) is 27.9 Å². The van der Waals surface area contributed by atoms with Crippen LogP contribution >= 0.6 is 0 Å². The lowest BCUT2D eigenvalue weighted by Crippen LogP contribution is -2.36. The number of carbonyl (C=O) groups excluding carboxylic acids is 3. The number of hydrogen-bond acceptors (Lipinski definition) is 7. The third-order valence-electron chi connectivity index (χ3n) is 6.32. The number of anilines is 2. The topological polar surface area (TPSA) is 126 Å². The van der Waals surface area contributed by atoms with Crippen molar-refractivity contribution >= 4 is 39.4 Å². The van der Waals surface area contributed by atoms with Crippen molar-refractivity contribution in [2.24, 2.45) is 0 Å². The van der Waals surface area contributed by atoms with Gasteiger partial charge in [0.1, 0.15) is 17.1 Å². The zero-order valence-corrected chi connectivity index (χ0v) is 20.7. The first-order valence-corrected chi connectivity index (χ1v) is 13.0. The molecule has 4 amide bonds. The molecule has 2 heterocycles. The van der Waals surface area contributed by atoms with Crippen molar-refractivity contribution < 1.29 is 40.7 Å². The Balaban J connectivity index is 1.33. The number of sulfone groups is 1. The van der Waals surface area contributed by atoms with Gasteiger partial charge in [-0.1, -0.05) is 18.2 Å². The zero-order valence-electron chi connectivity index (χ0n) is 19.9. The lowest BCUT2D eigenvalue weighted by molar-refractivity contribution is -0.120. The molecule has 1 aliphatic carbocycles. The molecule has 0 bridgehead atoms. The maximum atomic E-state index is 13.3. The second kappa shape index (κ2) is 9.38. The third kappa shape index (κ3) is 4.78. The number of alkyl halides is 3. The van der Waals surface area contributed by atoms with E-state index in [4.69, 9.17) is 4.74 Å². The molecule has 1 saturated heterocycles. The molecular weight excluding hydrogens is 541 g/mol. The number of rotatable bonds is 6. The molecule has 0 atom stereocenters. The molecule has 10 nitrogen and oxygen atoms in total. The summed E-state index contributed by atoms with van der Waals surface area (Å²) in [6, 6.07) is 14.2. The van der Waals surface area contributed by atoms with E-state index in [-0.39, 0.29) is 18.1 Å². The van der Waals surface area contributed by atoms with Gasteiger partial charge in [0, 0.05) is 12.7 Å². The van der Waals surface area contributed by atoms with Crippen molar-refractivity contribution in [1.29, 1.82) is 0 Å². The number of ether oxygens (including phenoxy) is 1. The van der Waals surface area contributed by atoms with Gasteiger partial charge in [-0.2, -0.15) is 13.2 Å². The minimum Gasteiger partial charge on any atom is -0.410 e. The number of carbonyl (C=O) groups is 3. The Kier molecular flexibility index (Phi) is 6.29. The summed E-state index contributed by atoms with van der Waals surface area (Å²) in [5, 5.41) is 2.49. The van der Waals surface area contributed by atoms with Gasteiger partial charge in [0.2, 0.25) is 0 Å². The van der Waals surface area contributed by atoms with Crippen LogP contribution in [0.3, 0.4) is 0 Å². The molecule has 14 heteroatoms. The number of para-hydroxylation sites is 1. The fourth-order valence-corrected chi connectivity index (χ4v) is 4.98. The lowest BCUT2D eigenvalue weighted by atomic mass is 10.2. The first-order chi connectivity index (χ1) is 18.4. The first-order valence-electron chi connectivity index (χ1n) is 11.5. The van der Waals surface area contributed by atoms with Crippen LogP contribution in [0.2, 0.25) is 0 Å². The third-order valence-corrected chi connectivity index (χ3v) is 7.82. The van der Waals surface area contributed by atoms with E-state index in [0.717, 1.165) is 17.0 Å². The molecule has 2 aromatic carbocycles. The molecule has 1 N–H and O–H groups in total. The standard InChI is InChI=1S/C25H19F3N4O6S/c26-25(27,28)39(36,37)19-8-6-17(7-9-19)32-21(33)24(11-12-24)31(23(32)35)15-16-10-13-29-20(14-16)30-22(34)38-18-4-2-1-3-5-18/h1-10,13-14H,11-12,15H2,(H,29,30,34). The van der Waals surface area contributed by atoms with Crippen molar-refractivity contribution in [3.63, 3.8) is 0 Å². The van der Waals surface area contributed by atoms with E-state index in [1.54, 1.807) is 36.4 Å². The summed E-state index contributed by atoms with van der Waals surface area (Å²) in [5.41, 5.74) is -6.11. The Morgan fingerprint density at radius 1 is 1.03 bits per heavy atom. The van der Waals surface area contributed by atoms with E-state index in [0.29, 0.717) is 36.3 Å². The molecule has 3 aromatic rings. The maximum absolute atomic E-state index is 13.3. The Morgan fingerprint density at radius 3 is 2.31 bits per heavy atom. The van der Waals surface area contributed by atoms with E-state index in [9.17, 15) is 36.0 Å². The summed E-state index contributed by atoms with van der Waals surface area (Å²) in [6.45, 7) is -0.0213. The van der Waals surface area contributed by atoms with Crippen LogP contribution in [0, 0.1) is 0 Å². The summed E-state index contributed by atoms with van der Waals surface area (Å²) in [6.07, 6.45) is 1.40. The van der Waals surface area contributed by atoms with Crippen molar-refractivity contribution in [3.8, 4) is 5.75 Å². The van der Waals surface area contributed by atoms with Crippen LogP contribution in [-0.2, 0) is 21.2 Å². The predicted octanol–water partition coefficient (Wildman–Crippen LogP) is 4.49. The predicted molar refractivity (Wildman–Crippen MR) is 130 cm³/mol. The second-order valence-corrected chi connectivity index (χ2v) is 10.8. The summed E-state index contributed by atoms with van der Waals surface area (Å²) in [5.74, 6) is -0.0838. The average Bonchev–Trinajstić information content (AvgIpc) is 3.66. The number of nitrogens with zero attached hydrogens (tertiary/aromatic N) is 3. The number of benzene rings is 2. The highest BCUT2D eigenvalue weighted by atomic mass is 32.2. The molecule has 1 spiro atoms. The van der Waals surface area contributed by atoms with Gasteiger partial charge in [-0.3, -0.25) is 10.1 Å². The van der Waals surface area contributed by atoms with Gasteiger partial charge in [-0.05, 0) is 66.9 Å². The van der Waals surface area contributed by atoms with Crippen LogP contribution in [-0.4, -0.2) is 47.4 Å². The largest absolute Gasteiger partial charge is 0.501 e. The molecule has 1 saturated carbocycles. The van der Waals surface area contributed by atoms with Crippen molar-refractivity contribution in [1.82, 2.24) is 9.88 Å². The fourth-order valence-electron chi connectivity index (χ4n) is 4.22. The number of aromatic nitrogens is 1. The number of pyridine rings is 1. The van der Waals surface area contributed by atoms with Gasteiger partial charge in [0.15, 0.2) is 0 Å². The molecule has 39 heavy (non-hydrogen) atoms. The number of halogens is 3. The molecule has 2 aliphatic rings. The van der Waals surface area contributed by atoms with E-state index in [1.807, 2.05) is 0 Å². The van der Waals surface area contributed by atoms with Crippen molar-refractivity contribution in [3.05, 3.63) is 78.5 Å². The van der Waals surface area contributed by atoms with Gasteiger partial charge in [0.05, 0.1) is 10.6 Å². The molecule has 202 valence electrons. The normalized spacial score (nSPS) is 16.5. The Labute approximate surface area is 219 Å². The highest BCUT2D eigenvalue weighted by Gasteiger charge is 2.65. The highest BCUT2D eigenvalue weighted by Crippen LogP contribution is 2.49. The fraction of sp³-hybridized carbons (Fsp3) is 0.200. The number of nitrogens with one attached hydrogen (secondary N) is 1. The lowest BCUT2D eigenvalue weighted by Gasteiger charge is -2.21. The van der Waals surface area contributed by atoms with Crippen molar-refractivity contribution in [2.45, 2.75) is 35.3 Å².